The van der Waals surface area contributed by atoms with Gasteiger partial charge in [-0.25, -0.2) is 0 Å². The normalized spacial score (nSPS) is 16.3. The average Bonchev–Trinajstić information content (AvgIpc) is 3.67. The number of hydrogen-bond acceptors (Lipinski definition) is 1. The Morgan fingerprint density at radius 2 is 1.04 bits per heavy atom. The average molecular weight is 612 g/mol. The lowest BCUT2D eigenvalue weighted by molar-refractivity contribution is 0.673. The van der Waals surface area contributed by atoms with Gasteiger partial charge in [-0.15, -0.1) is 0 Å². The van der Waals surface area contributed by atoms with E-state index in [0.717, 1.165) is 38.3 Å². The van der Waals surface area contributed by atoms with Gasteiger partial charge in [0.05, 0.1) is 20.6 Å². The van der Waals surface area contributed by atoms with Crippen molar-refractivity contribution < 1.29 is 25.0 Å². The highest BCUT2D eigenvalue weighted by Crippen LogP contribution is 2.45. The first-order chi connectivity index (χ1) is 29.6. The molecule has 1 aromatic heterocycles. The monoisotopic (exact) mass is 611 g/mol. The molecule has 0 aliphatic heterocycles. The Bertz CT molecular complexity index is 3610. The van der Waals surface area contributed by atoms with Crippen LogP contribution in [-0.4, -0.2) is 0 Å². The Kier molecular flexibility index (Phi) is 3.33. The summed E-state index contributed by atoms with van der Waals surface area (Å²) < 4.78 is 140. The minimum absolute atomic E-state index is 0.0367. The van der Waals surface area contributed by atoms with Crippen molar-refractivity contribution >= 4 is 65.0 Å². The van der Waals surface area contributed by atoms with Gasteiger partial charge in [0.1, 0.15) is 11.2 Å². The highest BCUT2D eigenvalue weighted by atomic mass is 16.3. The van der Waals surface area contributed by atoms with Crippen molar-refractivity contribution in [3.63, 3.8) is 0 Å². The van der Waals surface area contributed by atoms with Gasteiger partial charge in [-0.05, 0) is 89.3 Å². The molecule has 1 nitrogen and oxygen atoms in total. The van der Waals surface area contributed by atoms with Crippen LogP contribution in [0.25, 0.3) is 98.4 Å². The summed E-state index contributed by atoms with van der Waals surface area (Å²) in [4.78, 5) is 0. The third-order valence-electron chi connectivity index (χ3n) is 8.75. The molecule has 218 valence electrons. The van der Waals surface area contributed by atoms with E-state index in [4.69, 9.17) is 16.8 Å². The van der Waals surface area contributed by atoms with E-state index in [1.165, 1.54) is 0 Å². The second-order valence-corrected chi connectivity index (χ2v) is 11.3. The lowest BCUT2D eigenvalue weighted by Crippen LogP contribution is -1.91. The summed E-state index contributed by atoms with van der Waals surface area (Å²) in [5.41, 5.74) is 2.50. The molecule has 0 saturated carbocycles. The first-order valence-electron chi connectivity index (χ1n) is 22.5. The lowest BCUT2D eigenvalue weighted by Gasteiger charge is -2.18. The van der Waals surface area contributed by atoms with Crippen LogP contribution in [0.15, 0.2) is 174 Å². The van der Waals surface area contributed by atoms with E-state index in [1.807, 2.05) is 54.6 Å². The number of benzene rings is 9. The van der Waals surface area contributed by atoms with Crippen molar-refractivity contribution in [2.24, 2.45) is 0 Å². The minimum Gasteiger partial charge on any atom is -0.455 e. The molecule has 0 bridgehead atoms. The van der Waals surface area contributed by atoms with Gasteiger partial charge in [0, 0.05) is 16.2 Å². The fourth-order valence-corrected chi connectivity index (χ4v) is 6.68. The molecule has 0 atom stereocenters. The van der Waals surface area contributed by atoms with Crippen LogP contribution >= 0.6 is 0 Å². The molecule has 0 fully saturated rings. The zero-order valence-electron chi connectivity index (χ0n) is 39.4. The van der Waals surface area contributed by atoms with Crippen LogP contribution in [0.2, 0.25) is 0 Å². The number of rotatable bonds is 3. The van der Waals surface area contributed by atoms with Gasteiger partial charge >= 0.3 is 0 Å². The first-order valence-corrected chi connectivity index (χ1v) is 15.0. The molecule has 0 aliphatic carbocycles. The fourth-order valence-electron chi connectivity index (χ4n) is 6.68. The third kappa shape index (κ3) is 3.97. The highest BCUT2D eigenvalue weighted by molar-refractivity contribution is 6.22. The summed E-state index contributed by atoms with van der Waals surface area (Å²) in [6.45, 7) is 0. The van der Waals surface area contributed by atoms with E-state index in [0.29, 0.717) is 11.1 Å². The van der Waals surface area contributed by atoms with Crippen LogP contribution < -0.4 is 0 Å². The molecule has 1 heterocycles. The molecule has 1 heteroatoms. The molecular formula is C46H28O. The molecule has 10 rings (SSSR count). The van der Waals surface area contributed by atoms with E-state index in [2.05, 4.69) is 0 Å². The topological polar surface area (TPSA) is 13.1 Å². The molecule has 9 aromatic carbocycles. The Labute approximate surface area is 293 Å². The summed E-state index contributed by atoms with van der Waals surface area (Å²) in [5, 5.41) is 1.99. The zero-order chi connectivity index (χ0) is 44.0. The maximum absolute atomic E-state index is 9.43. The Morgan fingerprint density at radius 3 is 1.79 bits per heavy atom. The predicted molar refractivity (Wildman–Crippen MR) is 200 cm³/mol. The molecule has 0 N–H and O–H groups in total. The van der Waals surface area contributed by atoms with Crippen LogP contribution in [0.5, 0.6) is 0 Å². The summed E-state index contributed by atoms with van der Waals surface area (Å²) in [5.74, 6) is 0. The Balaban J connectivity index is 1.34. The first kappa shape index (κ1) is 15.4. The smallest absolute Gasteiger partial charge is 0.143 e. The molecule has 0 unspecified atom stereocenters. The minimum atomic E-state index is -0.735. The second-order valence-electron chi connectivity index (χ2n) is 11.3. The Hall–Kier alpha value is -6.18. The van der Waals surface area contributed by atoms with Crippen LogP contribution in [0.1, 0.15) is 20.6 Å². The Morgan fingerprint density at radius 1 is 0.404 bits per heavy atom. The zero-order valence-corrected chi connectivity index (χ0v) is 24.4. The van der Waals surface area contributed by atoms with E-state index in [9.17, 15) is 8.22 Å². The molecule has 0 radical (unpaired) electrons. The summed E-state index contributed by atoms with van der Waals surface area (Å²) in [6.07, 6.45) is 0. The van der Waals surface area contributed by atoms with E-state index in [1.54, 1.807) is 24.3 Å². The van der Waals surface area contributed by atoms with Gasteiger partial charge in [-0.1, -0.05) is 151 Å². The maximum Gasteiger partial charge on any atom is 0.143 e. The van der Waals surface area contributed by atoms with Gasteiger partial charge < -0.3 is 4.42 Å². The molecule has 0 saturated heterocycles. The number of furan rings is 1. The van der Waals surface area contributed by atoms with Crippen LogP contribution in [-0.2, 0) is 0 Å². The molecule has 0 spiro atoms. The molecule has 0 amide bonds. The largest absolute Gasteiger partial charge is 0.455 e. The lowest BCUT2D eigenvalue weighted by atomic mass is 9.85. The SMILES string of the molecule is [2H]c1c([2H])c([2H])c2c([2H])c(-c3c4c([2H])c([2H])c([2H])c([2H])c4c(-c4ccc(-c5cccc6oc7c8ccccc8ccc7c56)cc4)c4c([2H])c([2H])c([2H])c([2H])c34)c([2H])c([2H])c2c1[2H]. The summed E-state index contributed by atoms with van der Waals surface area (Å²) >= 11 is 0. The van der Waals surface area contributed by atoms with E-state index >= 15 is 0 Å². The van der Waals surface area contributed by atoms with Crippen LogP contribution in [0, 0.1) is 0 Å². The van der Waals surface area contributed by atoms with Crippen molar-refractivity contribution in [2.75, 3.05) is 0 Å². The summed E-state index contributed by atoms with van der Waals surface area (Å²) in [7, 11) is 0. The predicted octanol–water partition coefficient (Wildman–Crippen LogP) is 13.2. The maximum atomic E-state index is 9.43. The molecule has 0 aliphatic rings. The quantitative estimate of drug-likeness (QED) is 0.181. The third-order valence-corrected chi connectivity index (χ3v) is 8.75. The fraction of sp³-hybridized carbons (Fsp3) is 0. The number of fused-ring (bicyclic) bond motifs is 8. The van der Waals surface area contributed by atoms with E-state index < -0.39 is 107 Å². The summed E-state index contributed by atoms with van der Waals surface area (Å²) in [6, 6.07) is 14.7. The van der Waals surface area contributed by atoms with Gasteiger partial charge in [0.2, 0.25) is 0 Å². The van der Waals surface area contributed by atoms with Crippen molar-refractivity contribution in [3.8, 4) is 33.4 Å². The molecule has 10 aromatic rings. The highest BCUT2D eigenvalue weighted by Gasteiger charge is 2.18. The molecule has 47 heavy (non-hydrogen) atoms. The van der Waals surface area contributed by atoms with Gasteiger partial charge in [0.15, 0.2) is 0 Å². The van der Waals surface area contributed by atoms with E-state index in [-0.39, 0.29) is 32.7 Å². The second kappa shape index (κ2) is 10.2. The van der Waals surface area contributed by atoms with Crippen molar-refractivity contribution in [1.82, 2.24) is 0 Å². The standard InChI is InChI=1S/C46H28O/c1-2-12-33-28-34(25-20-29(33)10-1)44-39-16-7-5-14-37(39)43(38-15-6-8-17-40(38)44)32-23-21-31(22-24-32)35-18-9-19-42-45(35)41-27-26-30-11-3-4-13-36(30)46(41)47-42/h1-28H/i1D,2D,5D,6D,7D,8D,10D,12D,14D,15D,16D,17D,20D,25D,28D. The van der Waals surface area contributed by atoms with Gasteiger partial charge in [-0.3, -0.25) is 0 Å². The molecular weight excluding hydrogens is 569 g/mol. The van der Waals surface area contributed by atoms with Crippen molar-refractivity contribution in [1.29, 1.82) is 0 Å². The van der Waals surface area contributed by atoms with Crippen LogP contribution in [0.4, 0.5) is 0 Å². The van der Waals surface area contributed by atoms with Gasteiger partial charge in [-0.2, -0.15) is 0 Å². The number of hydrogen-bond donors (Lipinski definition) is 0. The van der Waals surface area contributed by atoms with Crippen LogP contribution in [0.3, 0.4) is 0 Å². The van der Waals surface area contributed by atoms with Crippen molar-refractivity contribution in [2.45, 2.75) is 0 Å². The van der Waals surface area contributed by atoms with Crippen molar-refractivity contribution in [3.05, 3.63) is 169 Å². The van der Waals surface area contributed by atoms with Gasteiger partial charge in [0.25, 0.3) is 0 Å².